The van der Waals surface area contributed by atoms with Gasteiger partial charge in [0.25, 0.3) is 0 Å². The summed E-state index contributed by atoms with van der Waals surface area (Å²) in [6.45, 7) is 5.64. The van der Waals surface area contributed by atoms with Crippen LogP contribution in [0.5, 0.6) is 0 Å². The summed E-state index contributed by atoms with van der Waals surface area (Å²) in [5.74, 6) is 3.66. The van der Waals surface area contributed by atoms with E-state index in [9.17, 15) is 0 Å². The van der Waals surface area contributed by atoms with Crippen molar-refractivity contribution in [2.45, 2.75) is 20.4 Å². The average molecular weight is 201 g/mol. The third-order valence-corrected chi connectivity index (χ3v) is 2.38. The smallest absolute Gasteiger partial charge is 0.223 e. The molecular weight excluding hydrogens is 186 g/mol. The van der Waals surface area contributed by atoms with Gasteiger partial charge in [0.1, 0.15) is 0 Å². The molecule has 0 aliphatic heterocycles. The van der Waals surface area contributed by atoms with Crippen LogP contribution in [-0.4, -0.2) is 28.2 Å². The maximum atomic E-state index is 4.84. The van der Waals surface area contributed by atoms with Crippen molar-refractivity contribution in [1.29, 1.82) is 0 Å². The van der Waals surface area contributed by atoms with E-state index >= 15 is 0 Å². The highest BCUT2D eigenvalue weighted by molar-refractivity contribution is 7.99. The SMILES string of the molecule is CCSCCNCc1noc(C)n1. The van der Waals surface area contributed by atoms with Crippen LogP contribution in [-0.2, 0) is 6.54 Å². The van der Waals surface area contributed by atoms with Gasteiger partial charge < -0.3 is 9.84 Å². The molecule has 0 radical (unpaired) electrons. The fourth-order valence-corrected chi connectivity index (χ4v) is 1.48. The van der Waals surface area contributed by atoms with Crippen LogP contribution >= 0.6 is 11.8 Å². The second-order valence-corrected chi connectivity index (χ2v) is 4.00. The van der Waals surface area contributed by atoms with Gasteiger partial charge in [-0.05, 0) is 5.75 Å². The quantitative estimate of drug-likeness (QED) is 0.701. The Kier molecular flexibility index (Phi) is 4.85. The number of thioether (sulfide) groups is 1. The highest BCUT2D eigenvalue weighted by Gasteiger charge is 1.99. The normalized spacial score (nSPS) is 10.6. The standard InChI is InChI=1S/C8H15N3OS/c1-3-13-5-4-9-6-8-10-7(2)12-11-8/h9H,3-6H2,1-2H3. The van der Waals surface area contributed by atoms with Crippen LogP contribution in [0.1, 0.15) is 18.6 Å². The highest BCUT2D eigenvalue weighted by atomic mass is 32.2. The minimum absolute atomic E-state index is 0.625. The molecule has 0 aromatic carbocycles. The van der Waals surface area contributed by atoms with E-state index in [0.29, 0.717) is 12.4 Å². The predicted octanol–water partition coefficient (Wildman–Crippen LogP) is 1.22. The van der Waals surface area contributed by atoms with Crippen molar-refractivity contribution >= 4 is 11.8 Å². The minimum Gasteiger partial charge on any atom is -0.340 e. The van der Waals surface area contributed by atoms with Crippen molar-refractivity contribution in [1.82, 2.24) is 15.5 Å². The Balaban J connectivity index is 2.06. The van der Waals surface area contributed by atoms with Crippen LogP contribution in [0.15, 0.2) is 4.52 Å². The third-order valence-electron chi connectivity index (χ3n) is 1.48. The fourth-order valence-electron chi connectivity index (χ4n) is 0.902. The Hall–Kier alpha value is -0.550. The van der Waals surface area contributed by atoms with Gasteiger partial charge >= 0.3 is 0 Å². The van der Waals surface area contributed by atoms with Crippen LogP contribution in [0, 0.1) is 6.92 Å². The van der Waals surface area contributed by atoms with E-state index in [1.807, 2.05) is 11.8 Å². The van der Waals surface area contributed by atoms with E-state index in [4.69, 9.17) is 4.52 Å². The molecule has 0 atom stereocenters. The van der Waals surface area contributed by atoms with Crippen molar-refractivity contribution in [3.05, 3.63) is 11.7 Å². The molecule has 13 heavy (non-hydrogen) atoms. The first-order chi connectivity index (χ1) is 6.33. The van der Waals surface area contributed by atoms with Gasteiger partial charge in [0.05, 0.1) is 6.54 Å². The zero-order valence-electron chi connectivity index (χ0n) is 8.04. The van der Waals surface area contributed by atoms with Crippen LogP contribution < -0.4 is 5.32 Å². The molecule has 0 bridgehead atoms. The van der Waals surface area contributed by atoms with Crippen molar-refractivity contribution in [2.24, 2.45) is 0 Å². The number of nitrogens with one attached hydrogen (secondary N) is 1. The van der Waals surface area contributed by atoms with Gasteiger partial charge in [-0.2, -0.15) is 16.7 Å². The summed E-state index contributed by atoms with van der Waals surface area (Å²) in [4.78, 5) is 4.08. The summed E-state index contributed by atoms with van der Waals surface area (Å²) < 4.78 is 4.84. The maximum Gasteiger partial charge on any atom is 0.223 e. The molecule has 0 unspecified atom stereocenters. The second kappa shape index (κ2) is 5.99. The topological polar surface area (TPSA) is 51.0 Å². The molecule has 0 saturated carbocycles. The van der Waals surface area contributed by atoms with Crippen molar-refractivity contribution in [3.8, 4) is 0 Å². The van der Waals surface area contributed by atoms with E-state index in [0.717, 1.165) is 18.1 Å². The number of nitrogens with zero attached hydrogens (tertiary/aromatic N) is 2. The van der Waals surface area contributed by atoms with Gasteiger partial charge in [-0.1, -0.05) is 12.1 Å². The lowest BCUT2D eigenvalue weighted by Crippen LogP contribution is -2.17. The maximum absolute atomic E-state index is 4.84. The highest BCUT2D eigenvalue weighted by Crippen LogP contribution is 1.96. The second-order valence-electron chi connectivity index (χ2n) is 2.60. The molecule has 4 nitrogen and oxygen atoms in total. The van der Waals surface area contributed by atoms with E-state index < -0.39 is 0 Å². The molecule has 1 aromatic heterocycles. The third kappa shape index (κ3) is 4.28. The van der Waals surface area contributed by atoms with Crippen LogP contribution in [0.3, 0.4) is 0 Å². The molecular formula is C8H15N3OS. The van der Waals surface area contributed by atoms with Gasteiger partial charge in [0, 0.05) is 19.2 Å². The van der Waals surface area contributed by atoms with E-state index in [2.05, 4.69) is 22.4 Å². The average Bonchev–Trinajstić information content (AvgIpc) is 2.51. The molecule has 0 spiro atoms. The lowest BCUT2D eigenvalue weighted by molar-refractivity contribution is 0.386. The lowest BCUT2D eigenvalue weighted by atomic mass is 10.6. The summed E-state index contributed by atoms with van der Waals surface area (Å²) >= 11 is 1.92. The molecule has 1 heterocycles. The summed E-state index contributed by atoms with van der Waals surface area (Å²) in [5, 5.41) is 7.02. The molecule has 0 saturated heterocycles. The van der Waals surface area contributed by atoms with Crippen LogP contribution in [0.4, 0.5) is 0 Å². The molecule has 1 aromatic rings. The Labute approximate surface area is 82.5 Å². The number of hydrogen-bond donors (Lipinski definition) is 1. The zero-order valence-corrected chi connectivity index (χ0v) is 8.86. The van der Waals surface area contributed by atoms with Crippen molar-refractivity contribution in [3.63, 3.8) is 0 Å². The summed E-state index contributed by atoms with van der Waals surface area (Å²) in [7, 11) is 0. The molecule has 0 amide bonds. The van der Waals surface area contributed by atoms with E-state index in [-0.39, 0.29) is 0 Å². The first-order valence-electron chi connectivity index (χ1n) is 4.40. The molecule has 74 valence electrons. The van der Waals surface area contributed by atoms with Gasteiger partial charge in [-0.3, -0.25) is 0 Å². The van der Waals surface area contributed by atoms with Gasteiger partial charge in [-0.15, -0.1) is 0 Å². The largest absolute Gasteiger partial charge is 0.340 e. The molecule has 1 N–H and O–H groups in total. The van der Waals surface area contributed by atoms with Gasteiger partial charge in [-0.25, -0.2) is 0 Å². The Bertz CT molecular complexity index is 239. The Morgan fingerprint density at radius 2 is 2.38 bits per heavy atom. The summed E-state index contributed by atoms with van der Waals surface area (Å²) in [6, 6.07) is 0. The number of aryl methyl sites for hydroxylation is 1. The predicted molar refractivity (Wildman–Crippen MR) is 53.7 cm³/mol. The van der Waals surface area contributed by atoms with Crippen LogP contribution in [0.2, 0.25) is 0 Å². The minimum atomic E-state index is 0.625. The first kappa shape index (κ1) is 10.5. The molecule has 0 fully saturated rings. The molecule has 0 aliphatic carbocycles. The summed E-state index contributed by atoms with van der Waals surface area (Å²) in [6.07, 6.45) is 0. The monoisotopic (exact) mass is 201 g/mol. The van der Waals surface area contributed by atoms with Gasteiger partial charge in [0.15, 0.2) is 5.82 Å². The van der Waals surface area contributed by atoms with E-state index in [1.165, 1.54) is 5.75 Å². The number of aromatic nitrogens is 2. The molecule has 1 rings (SSSR count). The number of rotatable bonds is 6. The molecule has 0 aliphatic rings. The molecule has 5 heteroatoms. The fraction of sp³-hybridized carbons (Fsp3) is 0.750. The first-order valence-corrected chi connectivity index (χ1v) is 5.56. The zero-order chi connectivity index (χ0) is 9.52. The van der Waals surface area contributed by atoms with Gasteiger partial charge in [0.2, 0.25) is 5.89 Å². The number of hydrogen-bond acceptors (Lipinski definition) is 5. The summed E-state index contributed by atoms with van der Waals surface area (Å²) in [5.41, 5.74) is 0. The van der Waals surface area contributed by atoms with Crippen LogP contribution in [0.25, 0.3) is 0 Å². The van der Waals surface area contributed by atoms with E-state index in [1.54, 1.807) is 6.92 Å². The lowest BCUT2D eigenvalue weighted by Gasteiger charge is -1.99. The van der Waals surface area contributed by atoms with Crippen molar-refractivity contribution in [2.75, 3.05) is 18.1 Å². The Morgan fingerprint density at radius 3 is 3.00 bits per heavy atom. The van der Waals surface area contributed by atoms with Crippen molar-refractivity contribution < 1.29 is 4.52 Å². The Morgan fingerprint density at radius 1 is 1.54 bits per heavy atom.